The van der Waals surface area contributed by atoms with Crippen LogP contribution in [0.5, 0.6) is 0 Å². The van der Waals surface area contributed by atoms with E-state index in [4.69, 9.17) is 4.74 Å². The molecule has 1 saturated heterocycles. The molecule has 0 N–H and O–H groups in total. The number of fused-ring (bicyclic) bond motifs is 2. The highest BCUT2D eigenvalue weighted by atomic mass is 28.3. The summed E-state index contributed by atoms with van der Waals surface area (Å²) >= 11 is 0. The Hall–Kier alpha value is -3.81. The number of aromatic nitrogens is 2. The van der Waals surface area contributed by atoms with Gasteiger partial charge < -0.3 is 9.64 Å². The van der Waals surface area contributed by atoms with Crippen LogP contribution >= 0.6 is 0 Å². The monoisotopic (exact) mass is 576 g/mol. The molecule has 0 saturated carbocycles. The fraction of sp³-hybridized carbons (Fsp3) is 0.387. The highest BCUT2D eigenvalue weighted by Crippen LogP contribution is 2.46. The normalized spacial score (nSPS) is 18.9. The molecule has 2 aliphatic rings. The summed E-state index contributed by atoms with van der Waals surface area (Å²) in [7, 11) is 0.351. The van der Waals surface area contributed by atoms with E-state index < -0.39 is 42.9 Å². The van der Waals surface area contributed by atoms with Gasteiger partial charge >= 0.3 is 6.03 Å². The van der Waals surface area contributed by atoms with E-state index in [0.717, 1.165) is 35.9 Å². The van der Waals surface area contributed by atoms with Crippen molar-refractivity contribution in [3.63, 3.8) is 0 Å². The van der Waals surface area contributed by atoms with Crippen LogP contribution < -0.4 is 4.90 Å². The van der Waals surface area contributed by atoms with E-state index in [1.807, 2.05) is 24.4 Å². The average molecular weight is 577 g/mol. The lowest BCUT2D eigenvalue weighted by Gasteiger charge is -2.49. The maximum absolute atomic E-state index is 15.3. The Morgan fingerprint density at radius 2 is 1.73 bits per heavy atom. The number of benzene rings is 2. The van der Waals surface area contributed by atoms with E-state index in [1.165, 1.54) is 4.90 Å². The number of anilines is 1. The Labute approximate surface area is 240 Å². The maximum Gasteiger partial charge on any atom is 0.332 e. The zero-order valence-electron chi connectivity index (χ0n) is 23.8. The average Bonchev–Trinajstić information content (AvgIpc) is 3.35. The Morgan fingerprint density at radius 1 is 1.05 bits per heavy atom. The molecule has 41 heavy (non-hydrogen) atoms. The van der Waals surface area contributed by atoms with Gasteiger partial charge in [0.2, 0.25) is 5.91 Å². The smallest absolute Gasteiger partial charge is 0.332 e. The van der Waals surface area contributed by atoms with Crippen molar-refractivity contribution < 1.29 is 23.1 Å². The molecule has 0 unspecified atom stereocenters. The molecule has 10 heteroatoms. The van der Waals surface area contributed by atoms with Gasteiger partial charge in [-0.15, -0.1) is 0 Å². The summed E-state index contributed by atoms with van der Waals surface area (Å²) in [6.07, 6.45) is 3.72. The van der Waals surface area contributed by atoms with E-state index in [1.54, 1.807) is 23.9 Å². The summed E-state index contributed by atoms with van der Waals surface area (Å²) < 4.78 is 38.2. The van der Waals surface area contributed by atoms with Crippen LogP contribution in [0.4, 0.5) is 19.3 Å². The van der Waals surface area contributed by atoms with Gasteiger partial charge in [-0.2, -0.15) is 5.10 Å². The first-order valence-electron chi connectivity index (χ1n) is 13.8. The number of aryl methyl sites for hydroxylation is 1. The molecule has 2 aromatic carbocycles. The van der Waals surface area contributed by atoms with Crippen molar-refractivity contribution in [3.8, 4) is 11.8 Å². The molecule has 1 aliphatic heterocycles. The van der Waals surface area contributed by atoms with Crippen LogP contribution in [0.1, 0.15) is 41.6 Å². The number of hydrogen-bond donors (Lipinski definition) is 0. The Bertz CT molecular complexity index is 1520. The Balaban J connectivity index is 1.39. The van der Waals surface area contributed by atoms with Crippen molar-refractivity contribution in [2.45, 2.75) is 63.6 Å². The molecule has 214 valence electrons. The molecule has 1 aromatic heterocycles. The molecule has 0 bridgehead atoms. The number of carbonyl (C=O) groups is 2. The molecule has 1 aliphatic carbocycles. The zero-order chi connectivity index (χ0) is 29.4. The van der Waals surface area contributed by atoms with Crippen molar-refractivity contribution >= 4 is 25.7 Å². The van der Waals surface area contributed by atoms with E-state index in [9.17, 15) is 9.59 Å². The number of urea groups is 1. The second kappa shape index (κ2) is 11.2. The van der Waals surface area contributed by atoms with Crippen molar-refractivity contribution in [3.05, 3.63) is 82.7 Å². The van der Waals surface area contributed by atoms with Gasteiger partial charge in [0.05, 0.1) is 17.7 Å². The molecular formula is C31H34F2N4O3Si. The van der Waals surface area contributed by atoms with Crippen LogP contribution in [0.3, 0.4) is 0 Å². The van der Waals surface area contributed by atoms with Crippen molar-refractivity contribution in [1.29, 1.82) is 0 Å². The Morgan fingerprint density at radius 3 is 2.41 bits per heavy atom. The van der Waals surface area contributed by atoms with Gasteiger partial charge in [0.1, 0.15) is 12.4 Å². The lowest BCUT2D eigenvalue weighted by molar-refractivity contribution is -0.123. The minimum Gasteiger partial charge on any atom is -0.360 e. The molecule has 5 rings (SSSR count). The maximum atomic E-state index is 15.3. The molecule has 3 aromatic rings. The number of carbonyl (C=O) groups excluding carboxylic acids is 2. The molecular weight excluding hydrogens is 542 g/mol. The topological polar surface area (TPSA) is 67.7 Å². The highest BCUT2D eigenvalue weighted by molar-refractivity contribution is 6.76. The van der Waals surface area contributed by atoms with Crippen molar-refractivity contribution in [2.75, 3.05) is 18.6 Å². The van der Waals surface area contributed by atoms with Crippen LogP contribution in [0, 0.1) is 23.5 Å². The summed E-state index contributed by atoms with van der Waals surface area (Å²) in [6, 6.07) is 11.4. The van der Waals surface area contributed by atoms with Crippen LogP contribution in [0.25, 0.3) is 0 Å². The lowest BCUT2D eigenvalue weighted by Crippen LogP contribution is -2.62. The summed E-state index contributed by atoms with van der Waals surface area (Å²) in [5.74, 6) is 2.88. The zero-order valence-corrected chi connectivity index (χ0v) is 24.8. The molecule has 7 nitrogen and oxygen atoms in total. The third kappa shape index (κ3) is 5.83. The van der Waals surface area contributed by atoms with Crippen LogP contribution in [0.15, 0.2) is 48.7 Å². The number of amides is 3. The highest BCUT2D eigenvalue weighted by Gasteiger charge is 2.52. The lowest BCUT2D eigenvalue weighted by atomic mass is 9.75. The molecule has 3 amide bonds. The molecule has 1 fully saturated rings. The van der Waals surface area contributed by atoms with Gasteiger partial charge in [0, 0.05) is 44.6 Å². The Kier molecular flexibility index (Phi) is 7.86. The number of imide groups is 1. The number of ether oxygens (including phenoxy) is 1. The first-order valence-corrected chi connectivity index (χ1v) is 17.5. The number of rotatable bonds is 6. The standard InChI is InChI=1S/C31H34F2N4O3Si/c1-35-30(39)37(29-25(32)17-23(18-26(29)33)13-12-22-9-6-5-7-10-22)28(38)19-31(35)14-8-11-27-24(31)20-36(34-27)21-40-15-16-41(2,3)4/h5-7,9-10,17-18,20H,8,11,14-16,19,21H2,1-4H3/t31-/m0/s1. The number of nitrogens with zero attached hydrogens (tertiary/aromatic N) is 4. The van der Waals surface area contributed by atoms with Gasteiger partial charge in [-0.05, 0) is 49.6 Å². The van der Waals surface area contributed by atoms with Crippen molar-refractivity contribution in [1.82, 2.24) is 14.7 Å². The van der Waals surface area contributed by atoms with Crippen LogP contribution in [-0.2, 0) is 28.2 Å². The van der Waals surface area contributed by atoms with Crippen LogP contribution in [0.2, 0.25) is 25.7 Å². The van der Waals surface area contributed by atoms with Gasteiger partial charge in [0.25, 0.3) is 0 Å². The SMILES string of the molecule is CN1C(=O)N(c2c(F)cc(C#Cc3ccccc3)cc2F)C(=O)C[C@]12CCCc1nn(COCC[Si](C)(C)C)cc12. The van der Waals surface area contributed by atoms with Gasteiger partial charge in [-0.1, -0.05) is 49.7 Å². The summed E-state index contributed by atoms with van der Waals surface area (Å²) in [5, 5.41) is 4.68. The molecule has 2 heterocycles. The first kappa shape index (κ1) is 28.7. The summed E-state index contributed by atoms with van der Waals surface area (Å²) in [4.78, 5) is 29.2. The predicted molar refractivity (Wildman–Crippen MR) is 155 cm³/mol. The van der Waals surface area contributed by atoms with Gasteiger partial charge in [0.15, 0.2) is 11.6 Å². The van der Waals surface area contributed by atoms with Gasteiger partial charge in [-0.25, -0.2) is 23.2 Å². The summed E-state index contributed by atoms with van der Waals surface area (Å²) in [6.45, 7) is 7.78. The molecule has 0 radical (unpaired) electrons. The second-order valence-corrected chi connectivity index (χ2v) is 17.5. The van der Waals surface area contributed by atoms with E-state index in [-0.39, 0.29) is 18.7 Å². The summed E-state index contributed by atoms with van der Waals surface area (Å²) in [5.41, 5.74) is 0.765. The first-order chi connectivity index (χ1) is 19.5. The second-order valence-electron chi connectivity index (χ2n) is 11.9. The number of hydrogen-bond acceptors (Lipinski definition) is 4. The minimum absolute atomic E-state index is 0.103. The fourth-order valence-corrected chi connectivity index (χ4v) is 6.23. The fourth-order valence-electron chi connectivity index (χ4n) is 5.48. The van der Waals surface area contributed by atoms with Crippen molar-refractivity contribution in [2.24, 2.45) is 0 Å². The minimum atomic E-state index is -1.23. The van der Waals surface area contributed by atoms with Gasteiger partial charge in [-0.3, -0.25) is 4.79 Å². The third-order valence-corrected chi connectivity index (χ3v) is 9.45. The molecule has 1 spiro atoms. The van der Waals surface area contributed by atoms with Crippen LogP contribution in [-0.4, -0.2) is 48.3 Å². The molecule has 1 atom stereocenters. The van der Waals surface area contributed by atoms with E-state index in [0.29, 0.717) is 29.9 Å². The largest absolute Gasteiger partial charge is 0.360 e. The van der Waals surface area contributed by atoms with E-state index >= 15 is 8.78 Å². The quantitative estimate of drug-likeness (QED) is 0.208. The predicted octanol–water partition coefficient (Wildman–Crippen LogP) is 5.89. The van der Waals surface area contributed by atoms with E-state index in [2.05, 4.69) is 36.6 Å². The third-order valence-electron chi connectivity index (χ3n) is 7.74. The number of halogens is 2.